The van der Waals surface area contributed by atoms with Gasteiger partial charge >= 0.3 is 0 Å². The first-order valence-corrected chi connectivity index (χ1v) is 5.30. The topological polar surface area (TPSA) is 52.0 Å². The lowest BCUT2D eigenvalue weighted by atomic mass is 10.2. The summed E-state index contributed by atoms with van der Waals surface area (Å²) in [5.41, 5.74) is 13.6. The van der Waals surface area contributed by atoms with Crippen LogP contribution in [0.2, 0.25) is 5.02 Å². The molecule has 0 aliphatic carbocycles. The lowest BCUT2D eigenvalue weighted by Crippen LogP contribution is -1.85. The summed E-state index contributed by atoms with van der Waals surface area (Å²) < 4.78 is 0. The molecule has 0 radical (unpaired) electrons. The maximum Gasteiger partial charge on any atom is 0.0635 e. The van der Waals surface area contributed by atoms with Crippen molar-refractivity contribution in [3.63, 3.8) is 0 Å². The largest absolute Gasteiger partial charge is 0.399 e. The molecule has 3 heteroatoms. The van der Waals surface area contributed by atoms with Gasteiger partial charge in [0.05, 0.1) is 10.7 Å². The second-order valence-electron chi connectivity index (χ2n) is 3.38. The average Bonchev–Trinajstić information content (AvgIpc) is 2.28. The first kappa shape index (κ1) is 12.4. The molecule has 2 aromatic carbocycles. The highest BCUT2D eigenvalue weighted by molar-refractivity contribution is 6.33. The summed E-state index contributed by atoms with van der Waals surface area (Å²) in [4.78, 5) is 0. The van der Waals surface area contributed by atoms with Crippen molar-refractivity contribution in [2.24, 2.45) is 0 Å². The van der Waals surface area contributed by atoms with Crippen LogP contribution in [0.25, 0.3) is 0 Å². The van der Waals surface area contributed by atoms with Crippen LogP contribution in [0.1, 0.15) is 5.56 Å². The number of hydrogen-bond acceptors (Lipinski definition) is 2. The van der Waals surface area contributed by atoms with Crippen molar-refractivity contribution in [1.29, 1.82) is 0 Å². The minimum atomic E-state index is 0.618. The number of para-hydroxylation sites is 2. The van der Waals surface area contributed by atoms with Crippen LogP contribution in [0.4, 0.5) is 11.4 Å². The van der Waals surface area contributed by atoms with E-state index in [0.717, 1.165) is 11.3 Å². The van der Waals surface area contributed by atoms with E-state index in [0.29, 0.717) is 10.7 Å². The summed E-state index contributed by atoms with van der Waals surface area (Å²) in [6.45, 7) is 2.00. The molecule has 0 spiro atoms. The number of benzene rings is 2. The summed E-state index contributed by atoms with van der Waals surface area (Å²) in [7, 11) is 0. The molecular formula is C13H15ClN2. The van der Waals surface area contributed by atoms with Crippen LogP contribution in [0.15, 0.2) is 48.5 Å². The minimum absolute atomic E-state index is 0.618. The number of nitrogens with two attached hydrogens (primary N) is 2. The first-order valence-electron chi connectivity index (χ1n) is 4.92. The van der Waals surface area contributed by atoms with Crippen LogP contribution >= 0.6 is 11.6 Å². The van der Waals surface area contributed by atoms with E-state index in [1.165, 1.54) is 0 Å². The second-order valence-corrected chi connectivity index (χ2v) is 3.79. The van der Waals surface area contributed by atoms with Crippen LogP contribution < -0.4 is 11.5 Å². The van der Waals surface area contributed by atoms with Crippen molar-refractivity contribution < 1.29 is 0 Å². The van der Waals surface area contributed by atoms with E-state index in [1.807, 2.05) is 43.3 Å². The Bertz CT molecular complexity index is 370. The molecule has 0 bridgehead atoms. The summed E-state index contributed by atoms with van der Waals surface area (Å²) in [6.07, 6.45) is 0. The summed E-state index contributed by atoms with van der Waals surface area (Å²) >= 11 is 5.58. The zero-order valence-corrected chi connectivity index (χ0v) is 9.91. The SMILES string of the molecule is Cc1ccccc1N.Nc1ccccc1Cl. The Morgan fingerprint density at radius 2 is 1.31 bits per heavy atom. The number of aryl methyl sites for hydroxylation is 1. The van der Waals surface area contributed by atoms with E-state index in [2.05, 4.69) is 0 Å². The fraction of sp³-hybridized carbons (Fsp3) is 0.0769. The van der Waals surface area contributed by atoms with Crippen LogP contribution in [0.3, 0.4) is 0 Å². The zero-order chi connectivity index (χ0) is 12.0. The average molecular weight is 235 g/mol. The van der Waals surface area contributed by atoms with Crippen LogP contribution in [0, 0.1) is 6.92 Å². The smallest absolute Gasteiger partial charge is 0.0635 e. The fourth-order valence-corrected chi connectivity index (χ4v) is 1.20. The van der Waals surface area contributed by atoms with E-state index in [-0.39, 0.29) is 0 Å². The van der Waals surface area contributed by atoms with Gasteiger partial charge in [-0.05, 0) is 30.7 Å². The molecule has 4 N–H and O–H groups in total. The van der Waals surface area contributed by atoms with Crippen molar-refractivity contribution in [3.05, 3.63) is 59.1 Å². The number of halogens is 1. The molecule has 0 unspecified atom stereocenters. The quantitative estimate of drug-likeness (QED) is 0.686. The summed E-state index contributed by atoms with van der Waals surface area (Å²) in [5.74, 6) is 0. The molecule has 2 rings (SSSR count). The summed E-state index contributed by atoms with van der Waals surface area (Å²) in [5, 5.41) is 0.618. The van der Waals surface area contributed by atoms with Gasteiger partial charge in [-0.25, -0.2) is 0 Å². The molecule has 0 aliphatic rings. The molecule has 0 heterocycles. The number of nitrogen functional groups attached to an aromatic ring is 2. The van der Waals surface area contributed by atoms with E-state index < -0.39 is 0 Å². The highest BCUT2D eigenvalue weighted by Crippen LogP contribution is 2.15. The standard InChI is InChI=1S/C7H9N.C6H6ClN/c1-6-4-2-3-5-7(6)8;7-5-3-1-2-4-6(5)8/h2-5H,8H2,1H3;1-4H,8H2. The Morgan fingerprint density at radius 1 is 0.812 bits per heavy atom. The third-order valence-corrected chi connectivity index (χ3v) is 2.44. The molecular weight excluding hydrogens is 220 g/mol. The lowest BCUT2D eigenvalue weighted by Gasteiger charge is -1.93. The monoisotopic (exact) mass is 234 g/mol. The molecule has 0 fully saturated rings. The molecule has 0 amide bonds. The molecule has 0 aromatic heterocycles. The van der Waals surface area contributed by atoms with Crippen molar-refractivity contribution in [1.82, 2.24) is 0 Å². The molecule has 0 atom stereocenters. The van der Waals surface area contributed by atoms with E-state index in [4.69, 9.17) is 23.1 Å². The predicted molar refractivity (Wildman–Crippen MR) is 71.5 cm³/mol. The maximum absolute atomic E-state index is 5.58. The van der Waals surface area contributed by atoms with Crippen molar-refractivity contribution >= 4 is 23.0 Å². The Balaban J connectivity index is 0.000000160. The first-order chi connectivity index (χ1) is 7.61. The molecule has 84 valence electrons. The third-order valence-electron chi connectivity index (χ3n) is 2.09. The van der Waals surface area contributed by atoms with Gasteiger partial charge in [0.1, 0.15) is 0 Å². The summed E-state index contributed by atoms with van der Waals surface area (Å²) in [6, 6.07) is 15.0. The molecule has 2 nitrogen and oxygen atoms in total. The van der Waals surface area contributed by atoms with Gasteiger partial charge in [0, 0.05) is 5.69 Å². The van der Waals surface area contributed by atoms with Gasteiger partial charge in [0.25, 0.3) is 0 Å². The number of hydrogen-bond donors (Lipinski definition) is 2. The van der Waals surface area contributed by atoms with E-state index in [9.17, 15) is 0 Å². The van der Waals surface area contributed by atoms with Gasteiger partial charge in [-0.15, -0.1) is 0 Å². The van der Waals surface area contributed by atoms with Crippen molar-refractivity contribution in [2.45, 2.75) is 6.92 Å². The van der Waals surface area contributed by atoms with Crippen molar-refractivity contribution in [3.8, 4) is 0 Å². The van der Waals surface area contributed by atoms with Crippen LogP contribution in [-0.2, 0) is 0 Å². The molecule has 0 saturated carbocycles. The molecule has 2 aromatic rings. The highest BCUT2D eigenvalue weighted by atomic mass is 35.5. The van der Waals surface area contributed by atoms with Crippen LogP contribution in [0.5, 0.6) is 0 Å². The molecule has 16 heavy (non-hydrogen) atoms. The Kier molecular flexibility index (Phi) is 4.67. The zero-order valence-electron chi connectivity index (χ0n) is 9.15. The predicted octanol–water partition coefficient (Wildman–Crippen LogP) is 3.50. The van der Waals surface area contributed by atoms with Gasteiger partial charge in [0.15, 0.2) is 0 Å². The number of rotatable bonds is 0. The van der Waals surface area contributed by atoms with Crippen LogP contribution in [-0.4, -0.2) is 0 Å². The van der Waals surface area contributed by atoms with Crippen molar-refractivity contribution in [2.75, 3.05) is 11.5 Å². The van der Waals surface area contributed by atoms with E-state index in [1.54, 1.807) is 12.1 Å². The third kappa shape index (κ3) is 3.83. The maximum atomic E-state index is 5.58. The van der Waals surface area contributed by atoms with E-state index >= 15 is 0 Å². The number of anilines is 2. The highest BCUT2D eigenvalue weighted by Gasteiger charge is 1.87. The Hall–Kier alpha value is -1.67. The minimum Gasteiger partial charge on any atom is -0.399 e. The Labute approximate surface area is 101 Å². The fourth-order valence-electron chi connectivity index (χ4n) is 1.06. The van der Waals surface area contributed by atoms with Gasteiger partial charge in [-0.2, -0.15) is 0 Å². The molecule has 0 saturated heterocycles. The van der Waals surface area contributed by atoms with Gasteiger partial charge in [0.2, 0.25) is 0 Å². The van der Waals surface area contributed by atoms with Gasteiger partial charge in [-0.1, -0.05) is 41.9 Å². The second kappa shape index (κ2) is 6.03. The lowest BCUT2D eigenvalue weighted by molar-refractivity contribution is 1.47. The van der Waals surface area contributed by atoms with Gasteiger partial charge < -0.3 is 11.5 Å². The molecule has 0 aliphatic heterocycles. The Morgan fingerprint density at radius 3 is 1.62 bits per heavy atom. The normalized spacial score (nSPS) is 9.12. The van der Waals surface area contributed by atoms with Gasteiger partial charge in [-0.3, -0.25) is 0 Å².